The number of benzene rings is 1. The second kappa shape index (κ2) is 5.20. The van der Waals surface area contributed by atoms with Gasteiger partial charge in [-0.25, -0.2) is 17.6 Å². The van der Waals surface area contributed by atoms with E-state index in [0.29, 0.717) is 0 Å². The first kappa shape index (κ1) is 14.4. The van der Waals surface area contributed by atoms with Crippen molar-refractivity contribution in [2.45, 2.75) is 6.42 Å². The van der Waals surface area contributed by atoms with E-state index >= 15 is 0 Å². The molecule has 1 aliphatic heterocycles. The van der Waals surface area contributed by atoms with Crippen molar-refractivity contribution in [3.05, 3.63) is 29.6 Å². The van der Waals surface area contributed by atoms with Crippen LogP contribution < -0.4 is 5.32 Å². The third-order valence-electron chi connectivity index (χ3n) is 3.09. The van der Waals surface area contributed by atoms with Gasteiger partial charge in [0.2, 0.25) is 5.91 Å². The zero-order chi connectivity index (χ0) is 14.9. The van der Waals surface area contributed by atoms with Gasteiger partial charge in [0, 0.05) is 0 Å². The summed E-state index contributed by atoms with van der Waals surface area (Å²) in [6.07, 6.45) is 0.186. The van der Waals surface area contributed by atoms with Crippen LogP contribution in [-0.2, 0) is 14.6 Å². The van der Waals surface area contributed by atoms with Gasteiger partial charge < -0.3 is 10.4 Å². The van der Waals surface area contributed by atoms with Gasteiger partial charge in [0.15, 0.2) is 9.84 Å². The fourth-order valence-electron chi connectivity index (χ4n) is 2.08. The third-order valence-corrected chi connectivity index (χ3v) is 4.86. The first-order chi connectivity index (χ1) is 9.30. The van der Waals surface area contributed by atoms with Crippen molar-refractivity contribution in [1.82, 2.24) is 0 Å². The van der Waals surface area contributed by atoms with E-state index in [2.05, 4.69) is 5.32 Å². The number of rotatable bonds is 3. The summed E-state index contributed by atoms with van der Waals surface area (Å²) in [5.41, 5.74) is -0.812. The maximum atomic E-state index is 13.4. The topological polar surface area (TPSA) is 101 Å². The number of anilines is 1. The van der Waals surface area contributed by atoms with Crippen LogP contribution in [0, 0.1) is 11.7 Å². The molecule has 1 fully saturated rings. The van der Waals surface area contributed by atoms with Crippen molar-refractivity contribution in [3.63, 3.8) is 0 Å². The molecule has 0 radical (unpaired) electrons. The van der Waals surface area contributed by atoms with E-state index in [1.54, 1.807) is 0 Å². The molecule has 8 heteroatoms. The molecule has 1 aromatic carbocycles. The lowest BCUT2D eigenvalue weighted by Gasteiger charge is -2.12. The molecule has 1 heterocycles. The summed E-state index contributed by atoms with van der Waals surface area (Å²) in [6.45, 7) is 0. The molecule has 0 aromatic heterocycles. The molecular formula is C12H12FNO5S. The molecule has 1 aliphatic rings. The summed E-state index contributed by atoms with van der Waals surface area (Å²) in [5, 5.41) is 11.2. The lowest BCUT2D eigenvalue weighted by molar-refractivity contribution is -0.119. The Hall–Kier alpha value is -1.96. The highest BCUT2D eigenvalue weighted by molar-refractivity contribution is 7.91. The Kier molecular flexibility index (Phi) is 3.76. The molecule has 2 rings (SSSR count). The first-order valence-electron chi connectivity index (χ1n) is 5.83. The Labute approximate surface area is 114 Å². The number of carbonyl (C=O) groups is 2. The molecule has 6 nitrogen and oxygen atoms in total. The number of sulfone groups is 1. The van der Waals surface area contributed by atoms with Crippen LogP contribution in [0.1, 0.15) is 16.8 Å². The zero-order valence-corrected chi connectivity index (χ0v) is 11.1. The molecular weight excluding hydrogens is 289 g/mol. The molecule has 1 atom stereocenters. The van der Waals surface area contributed by atoms with Gasteiger partial charge in [-0.15, -0.1) is 0 Å². The maximum Gasteiger partial charge on any atom is 0.340 e. The Bertz CT molecular complexity index is 670. The monoisotopic (exact) mass is 301 g/mol. The fourth-order valence-corrected chi connectivity index (χ4v) is 3.82. The van der Waals surface area contributed by atoms with Gasteiger partial charge in [-0.05, 0) is 18.6 Å². The van der Waals surface area contributed by atoms with E-state index in [9.17, 15) is 22.4 Å². The summed E-state index contributed by atoms with van der Waals surface area (Å²) in [6, 6.07) is 3.50. The molecule has 0 aliphatic carbocycles. The SMILES string of the molecule is O=C(O)c1c(F)cccc1NC(=O)C1CCS(=O)(=O)C1. The average molecular weight is 301 g/mol. The predicted molar refractivity (Wildman–Crippen MR) is 68.7 cm³/mol. The number of hydrogen-bond donors (Lipinski definition) is 2. The number of hydrogen-bond acceptors (Lipinski definition) is 4. The Morgan fingerprint density at radius 2 is 2.05 bits per heavy atom. The van der Waals surface area contributed by atoms with Crippen molar-refractivity contribution < 1.29 is 27.5 Å². The van der Waals surface area contributed by atoms with Crippen LogP contribution in [-0.4, -0.2) is 36.9 Å². The van der Waals surface area contributed by atoms with Crippen LogP contribution in [0.5, 0.6) is 0 Å². The number of halogens is 1. The van der Waals surface area contributed by atoms with Gasteiger partial charge in [0.05, 0.1) is 23.1 Å². The van der Waals surface area contributed by atoms with E-state index in [4.69, 9.17) is 5.11 Å². The standard InChI is InChI=1S/C12H12FNO5S/c13-8-2-1-3-9(10(8)12(16)17)14-11(15)7-4-5-20(18,19)6-7/h1-3,7H,4-6H2,(H,14,15)(H,16,17). The largest absolute Gasteiger partial charge is 0.478 e. The first-order valence-corrected chi connectivity index (χ1v) is 7.65. The normalized spacial score (nSPS) is 20.6. The lowest BCUT2D eigenvalue weighted by atomic mass is 10.1. The van der Waals surface area contributed by atoms with E-state index in [0.717, 1.165) is 6.07 Å². The van der Waals surface area contributed by atoms with Gasteiger partial charge in [0.25, 0.3) is 0 Å². The highest BCUT2D eigenvalue weighted by Gasteiger charge is 2.33. The Balaban J connectivity index is 2.21. The van der Waals surface area contributed by atoms with Gasteiger partial charge in [-0.3, -0.25) is 4.79 Å². The Morgan fingerprint density at radius 3 is 2.60 bits per heavy atom. The smallest absolute Gasteiger partial charge is 0.340 e. The number of nitrogens with one attached hydrogen (secondary N) is 1. The van der Waals surface area contributed by atoms with Crippen LogP contribution >= 0.6 is 0 Å². The van der Waals surface area contributed by atoms with Crippen LogP contribution in [0.25, 0.3) is 0 Å². The molecule has 1 aromatic rings. The number of carboxylic acid groups (broad SMARTS) is 1. The van der Waals surface area contributed by atoms with Crippen molar-refractivity contribution in [2.75, 3.05) is 16.8 Å². The second-order valence-corrected chi connectivity index (χ2v) is 6.79. The highest BCUT2D eigenvalue weighted by atomic mass is 32.2. The van der Waals surface area contributed by atoms with Crippen LogP contribution in [0.2, 0.25) is 0 Å². The van der Waals surface area contributed by atoms with E-state index in [1.807, 2.05) is 0 Å². The van der Waals surface area contributed by atoms with Crippen LogP contribution in [0.3, 0.4) is 0 Å². The summed E-state index contributed by atoms with van der Waals surface area (Å²) < 4.78 is 36.0. The van der Waals surface area contributed by atoms with Crippen LogP contribution in [0.15, 0.2) is 18.2 Å². The van der Waals surface area contributed by atoms with E-state index in [1.165, 1.54) is 12.1 Å². The molecule has 2 N–H and O–H groups in total. The number of carbonyl (C=O) groups excluding carboxylic acids is 1. The molecule has 1 unspecified atom stereocenters. The number of amides is 1. The Morgan fingerprint density at radius 1 is 1.35 bits per heavy atom. The van der Waals surface area contributed by atoms with E-state index in [-0.39, 0.29) is 23.6 Å². The number of aromatic carboxylic acids is 1. The fraction of sp³-hybridized carbons (Fsp3) is 0.333. The third kappa shape index (κ3) is 2.96. The van der Waals surface area contributed by atoms with Gasteiger partial charge in [-0.1, -0.05) is 6.07 Å². The van der Waals surface area contributed by atoms with Crippen molar-refractivity contribution >= 4 is 27.4 Å². The minimum Gasteiger partial charge on any atom is -0.478 e. The average Bonchev–Trinajstić information content (AvgIpc) is 2.69. The van der Waals surface area contributed by atoms with Crippen LogP contribution in [0.4, 0.5) is 10.1 Å². The molecule has 0 spiro atoms. The quantitative estimate of drug-likeness (QED) is 0.863. The molecule has 108 valence electrons. The van der Waals surface area contributed by atoms with Gasteiger partial charge >= 0.3 is 5.97 Å². The minimum atomic E-state index is -3.22. The molecule has 0 saturated carbocycles. The second-order valence-electron chi connectivity index (χ2n) is 4.56. The highest BCUT2D eigenvalue weighted by Crippen LogP contribution is 2.23. The molecule has 20 heavy (non-hydrogen) atoms. The van der Waals surface area contributed by atoms with Crippen molar-refractivity contribution in [2.24, 2.45) is 5.92 Å². The van der Waals surface area contributed by atoms with Gasteiger partial charge in [0.1, 0.15) is 11.4 Å². The lowest BCUT2D eigenvalue weighted by Crippen LogP contribution is -2.25. The predicted octanol–water partition coefficient (Wildman–Crippen LogP) is 0.897. The zero-order valence-electron chi connectivity index (χ0n) is 10.3. The molecule has 1 amide bonds. The summed E-state index contributed by atoms with van der Waals surface area (Å²) in [7, 11) is -3.22. The summed E-state index contributed by atoms with van der Waals surface area (Å²) >= 11 is 0. The summed E-state index contributed by atoms with van der Waals surface area (Å²) in [4.78, 5) is 22.9. The van der Waals surface area contributed by atoms with Crippen molar-refractivity contribution in [3.8, 4) is 0 Å². The summed E-state index contributed by atoms with van der Waals surface area (Å²) in [5.74, 6) is -4.15. The number of carboxylic acids is 1. The van der Waals surface area contributed by atoms with E-state index < -0.39 is 39.0 Å². The van der Waals surface area contributed by atoms with Crippen molar-refractivity contribution in [1.29, 1.82) is 0 Å². The molecule has 1 saturated heterocycles. The molecule has 0 bridgehead atoms. The van der Waals surface area contributed by atoms with Gasteiger partial charge in [-0.2, -0.15) is 0 Å². The minimum absolute atomic E-state index is 0.0694. The maximum absolute atomic E-state index is 13.4.